The van der Waals surface area contributed by atoms with Crippen molar-refractivity contribution < 1.29 is 53.2 Å². The zero-order valence-electron chi connectivity index (χ0n) is 76.1. The van der Waals surface area contributed by atoms with Gasteiger partial charge in [0, 0.05) is 31.3 Å². The van der Waals surface area contributed by atoms with E-state index in [2.05, 4.69) is 11.3 Å². The summed E-state index contributed by atoms with van der Waals surface area (Å²) >= 11 is 0. The van der Waals surface area contributed by atoms with Crippen molar-refractivity contribution in [1.29, 1.82) is 0 Å². The van der Waals surface area contributed by atoms with Crippen molar-refractivity contribution in [3.8, 4) is 107 Å². The SMILES string of the molecule is [2H]c1c([2H])c([2H])c(-c2c([2H])c(-c3cccc(-c4c([2H])c(-c5c([2H])c([2H])c([2H])c([2H])c5[2H])c([2H])c(-c5c([2H])c([2H])c([2H])c([2H])c5[2H])c4[2H])c3-[n+]3[c-]n(-c4cccc(Oc5ccc6c7cc(-c8ccccc8)ccc7n(-c7cc(C([2H])([2H])[2H])c(C([2H])([2H])[2H])cn7)c6c5)c4)c4ccccc43)c([2H])c(-c3c([2H])c([2H])c([2H])c([2H])c3[2H])c2[2H])c([2H])c1[2H]. The molecule has 0 saturated carbocycles. The third-order valence-corrected chi connectivity index (χ3v) is 14.1. The third kappa shape index (κ3) is 9.63. The van der Waals surface area contributed by atoms with E-state index in [9.17, 15) is 19.2 Å². The van der Waals surface area contributed by atoms with Crippen LogP contribution in [0.4, 0.5) is 0 Å². The van der Waals surface area contributed by atoms with Gasteiger partial charge in [-0.05, 0) is 188 Å². The molecule has 0 radical (unpaired) electrons. The molecule has 402 valence electrons. The highest BCUT2D eigenvalue weighted by Crippen LogP contribution is 2.42. The van der Waals surface area contributed by atoms with Crippen LogP contribution in [0.3, 0.4) is 0 Å². The minimum atomic E-state index is -2.89. The highest BCUT2D eigenvalue weighted by atomic mass is 16.5. The largest absolute Gasteiger partial charge is 0.458 e. The predicted octanol–water partition coefficient (Wildman–Crippen LogP) is 20.3. The van der Waals surface area contributed by atoms with Crippen molar-refractivity contribution in [2.75, 3.05) is 0 Å². The molecule has 0 bridgehead atoms. The summed E-state index contributed by atoms with van der Waals surface area (Å²) in [6.07, 6.45) is 4.37. The molecule has 3 heterocycles. The van der Waals surface area contributed by atoms with Crippen LogP contribution in [0.1, 0.15) is 55.0 Å². The summed E-state index contributed by atoms with van der Waals surface area (Å²) < 4.78 is 302. The van der Waals surface area contributed by atoms with E-state index >= 15 is 0 Å². The Bertz CT molecular complexity index is 6320. The number of imidazole rings is 1. The Morgan fingerprint density at radius 3 is 1.56 bits per heavy atom. The van der Waals surface area contributed by atoms with Crippen LogP contribution in [0.5, 0.6) is 11.5 Å². The highest BCUT2D eigenvalue weighted by Gasteiger charge is 2.23. The lowest BCUT2D eigenvalue weighted by atomic mass is 9.89. The first-order chi connectivity index (χ1) is 55.2. The Morgan fingerprint density at radius 2 is 0.965 bits per heavy atom. The minimum absolute atomic E-state index is 0.0688. The molecule has 0 aliphatic carbocycles. The van der Waals surface area contributed by atoms with Crippen molar-refractivity contribution in [2.24, 2.45) is 0 Å². The maximum atomic E-state index is 10.4. The van der Waals surface area contributed by atoms with Crippen LogP contribution in [-0.4, -0.2) is 14.1 Å². The fraction of sp³-hybridized carbons (Fsp3) is 0.0250. The standard InChI is InChI=1S/C80H56N4O/c1-54-42-79(81-52-55(54)2)84-75-41-38-61(56-22-8-3-9-23-56)49-74(75)73-40-39-70(51-78(73)84)85-69-33-20-32-68(50-69)82-53-83(77-37-19-18-36-76(77)82)80-71(66-45-62(57-24-10-4-11-25-57)43-63(46-66)58-26-12-5-13-27-58)34-21-35-72(80)67-47-64(59-28-14-6-15-29-59)44-65(48-67)60-30-16-7-17-31-60/h3-52H,1-2H3/i1D3,2D3,4D,5D,6D,7D,10D,11D,12D,13D,14D,15D,16D,17D,24D,25D,26D,27D,28D,29D,30D,31D,43D,44D,45D,46D,47D,48D. The molecular formula is C80H56N4O. The van der Waals surface area contributed by atoms with Crippen LogP contribution in [0, 0.1) is 20.0 Å². The summed E-state index contributed by atoms with van der Waals surface area (Å²) in [6, 6.07) is 13.2. The summed E-state index contributed by atoms with van der Waals surface area (Å²) in [7, 11) is 0. The molecular weight excluding hydrogens is 1030 g/mol. The molecule has 85 heavy (non-hydrogen) atoms. The van der Waals surface area contributed by atoms with Gasteiger partial charge in [0.2, 0.25) is 0 Å². The Labute approximate surface area is 539 Å². The summed E-state index contributed by atoms with van der Waals surface area (Å²) in [6.45, 7) is -5.74. The predicted molar refractivity (Wildman–Crippen MR) is 350 cm³/mol. The molecule has 0 atom stereocenters. The van der Waals surface area contributed by atoms with Crippen molar-refractivity contribution in [2.45, 2.75) is 13.7 Å². The summed E-state index contributed by atoms with van der Waals surface area (Å²) in [4.78, 5) is 4.57. The molecule has 15 rings (SSSR count). The molecule has 0 aliphatic rings. The molecule has 0 fully saturated rings. The average Bonchev–Trinajstić information content (AvgIpc) is 1.35. The lowest BCUT2D eigenvalue weighted by molar-refractivity contribution is -0.571. The molecule has 0 spiro atoms. The lowest BCUT2D eigenvalue weighted by Crippen LogP contribution is -2.31. The molecule has 0 N–H and O–H groups in total. The Hall–Kier alpha value is -11.1. The van der Waals surface area contributed by atoms with E-state index in [0.717, 1.165) is 17.3 Å². The molecule has 0 unspecified atom stereocenters. The number of pyridine rings is 1. The minimum Gasteiger partial charge on any atom is -0.458 e. The number of rotatable bonds is 12. The molecule has 3 aromatic heterocycles. The van der Waals surface area contributed by atoms with E-state index in [0.29, 0.717) is 21.8 Å². The number of ether oxygens (including phenoxy) is 1. The number of hydrogen-bond donors (Lipinski definition) is 0. The number of benzene rings is 12. The van der Waals surface area contributed by atoms with Gasteiger partial charge in [0.05, 0.1) is 69.1 Å². The van der Waals surface area contributed by atoms with Gasteiger partial charge in [-0.1, -0.05) is 206 Å². The van der Waals surface area contributed by atoms with Crippen LogP contribution < -0.4 is 9.30 Å². The van der Waals surface area contributed by atoms with Crippen LogP contribution in [0.2, 0.25) is 0 Å². The van der Waals surface area contributed by atoms with Gasteiger partial charge in [-0.3, -0.25) is 13.7 Å². The van der Waals surface area contributed by atoms with Gasteiger partial charge >= 0.3 is 0 Å². The summed E-state index contributed by atoms with van der Waals surface area (Å²) in [5.41, 5.74) is -6.73. The van der Waals surface area contributed by atoms with Crippen LogP contribution >= 0.6 is 0 Å². The zero-order valence-corrected chi connectivity index (χ0v) is 44.1. The number of aromatic nitrogens is 4. The van der Waals surface area contributed by atoms with E-state index < -0.39 is 249 Å². The third-order valence-electron chi connectivity index (χ3n) is 14.1. The van der Waals surface area contributed by atoms with E-state index in [1.54, 1.807) is 71.3 Å². The van der Waals surface area contributed by atoms with Gasteiger partial charge in [-0.15, -0.1) is 0 Å². The Balaban J connectivity index is 1.03. The number of fused-ring (bicyclic) bond motifs is 4. The molecule has 5 heteroatoms. The van der Waals surface area contributed by atoms with Gasteiger partial charge in [-0.2, -0.15) is 0 Å². The number of aryl methyl sites for hydroxylation is 2. The van der Waals surface area contributed by atoms with Crippen LogP contribution in [0.15, 0.2) is 303 Å². The smallest absolute Gasteiger partial charge is 0.269 e. The van der Waals surface area contributed by atoms with Gasteiger partial charge in [0.25, 0.3) is 6.33 Å². The second-order valence-corrected chi connectivity index (χ2v) is 19.3. The number of hydrogen-bond acceptors (Lipinski definition) is 2. The van der Waals surface area contributed by atoms with Crippen LogP contribution in [0.25, 0.3) is 128 Å². The average molecular weight is 1120 g/mol. The topological polar surface area (TPSA) is 35.9 Å². The fourth-order valence-corrected chi connectivity index (χ4v) is 10.3. The highest BCUT2D eigenvalue weighted by molar-refractivity contribution is 6.11. The molecule has 12 aromatic carbocycles. The van der Waals surface area contributed by atoms with Gasteiger partial charge in [-0.25, -0.2) is 4.98 Å². The quantitative estimate of drug-likeness (QED) is 0.0903. The first kappa shape index (κ1) is 27.3. The zero-order chi connectivity index (χ0) is 84.4. The van der Waals surface area contributed by atoms with Gasteiger partial charge in [0.1, 0.15) is 17.3 Å². The first-order valence-electron chi connectivity index (χ1n) is 42.3. The number of para-hydroxylation sites is 3. The van der Waals surface area contributed by atoms with E-state index in [-0.39, 0.29) is 39.7 Å². The molecule has 0 amide bonds. The second-order valence-electron chi connectivity index (χ2n) is 19.3. The second kappa shape index (κ2) is 21.6. The van der Waals surface area contributed by atoms with Crippen molar-refractivity contribution in [3.05, 3.63) is 320 Å². The van der Waals surface area contributed by atoms with E-state index in [1.807, 2.05) is 48.5 Å². The molecule has 0 aliphatic heterocycles. The normalized spacial score (nSPS) is 17.0. The molecule has 15 aromatic rings. The summed E-state index contributed by atoms with van der Waals surface area (Å²) in [5, 5.41) is 1.36. The van der Waals surface area contributed by atoms with Gasteiger partial charge in [0.15, 0.2) is 0 Å². The maximum Gasteiger partial charge on any atom is 0.269 e. The summed E-state index contributed by atoms with van der Waals surface area (Å²) in [5.74, 6) is 0.437. The molecule has 0 saturated heterocycles. The Morgan fingerprint density at radius 1 is 0.412 bits per heavy atom. The Kier molecular flexibility index (Phi) is 6.95. The maximum absolute atomic E-state index is 10.4. The monoisotopic (exact) mass is 1120 g/mol. The number of nitrogens with zero attached hydrogens (tertiary/aromatic N) is 4. The molecule has 5 nitrogen and oxygen atoms in total. The van der Waals surface area contributed by atoms with Crippen molar-refractivity contribution >= 4 is 32.8 Å². The first-order valence-corrected chi connectivity index (χ1v) is 26.3. The fourth-order valence-electron chi connectivity index (χ4n) is 10.3. The lowest BCUT2D eigenvalue weighted by Gasteiger charge is -2.20. The van der Waals surface area contributed by atoms with E-state index in [4.69, 9.17) is 29.4 Å². The van der Waals surface area contributed by atoms with Gasteiger partial charge < -0.3 is 4.74 Å². The van der Waals surface area contributed by atoms with E-state index in [1.165, 1.54) is 33.4 Å². The van der Waals surface area contributed by atoms with Crippen molar-refractivity contribution in [1.82, 2.24) is 14.1 Å². The van der Waals surface area contributed by atoms with Crippen LogP contribution in [-0.2, 0) is 0 Å². The van der Waals surface area contributed by atoms with Crippen molar-refractivity contribution in [3.63, 3.8) is 0 Å².